The highest BCUT2D eigenvalue weighted by Crippen LogP contribution is 2.48. The minimum atomic E-state index is -4.19. The molecule has 3 nitrogen and oxygen atoms in total. The summed E-state index contributed by atoms with van der Waals surface area (Å²) in [6.07, 6.45) is -3.87. The molecular weight excluding hydrogens is 416 g/mol. The van der Waals surface area contributed by atoms with Crippen molar-refractivity contribution in [3.8, 4) is 0 Å². The third kappa shape index (κ3) is 4.36. The molecule has 2 aliphatic carbocycles. The van der Waals surface area contributed by atoms with E-state index in [1.165, 1.54) is 0 Å². The van der Waals surface area contributed by atoms with Crippen LogP contribution in [0.3, 0.4) is 0 Å². The number of hydrogen-bond donors (Lipinski definition) is 0. The van der Waals surface area contributed by atoms with Gasteiger partial charge < -0.3 is 9.31 Å². The van der Waals surface area contributed by atoms with Crippen LogP contribution in [0.15, 0.2) is 12.1 Å². The zero-order valence-corrected chi connectivity index (χ0v) is 18.4. The Bertz CT molecular complexity index is 810. The predicted molar refractivity (Wildman–Crippen MR) is 108 cm³/mol. The number of pyridine rings is 1. The molecule has 2 saturated carbocycles. The van der Waals surface area contributed by atoms with Gasteiger partial charge in [0.05, 0.1) is 17.1 Å². The Balaban J connectivity index is 1.63. The molecule has 1 aromatic rings. The van der Waals surface area contributed by atoms with Crippen LogP contribution in [0.5, 0.6) is 0 Å². The zero-order valence-electron chi connectivity index (χ0n) is 18.4. The number of hydrogen-bond acceptors (Lipinski definition) is 3. The lowest BCUT2D eigenvalue weighted by molar-refractivity contribution is -0.182. The van der Waals surface area contributed by atoms with Crippen LogP contribution in [-0.4, -0.2) is 35.4 Å². The van der Waals surface area contributed by atoms with Crippen molar-refractivity contribution in [1.29, 1.82) is 0 Å². The first-order valence-electron chi connectivity index (χ1n) is 11.0. The maximum Gasteiger partial charge on any atom is 0.496 e. The van der Waals surface area contributed by atoms with E-state index in [1.807, 2.05) is 33.8 Å². The third-order valence-electron chi connectivity index (χ3n) is 7.57. The first kappa shape index (κ1) is 23.0. The van der Waals surface area contributed by atoms with E-state index in [4.69, 9.17) is 14.3 Å². The lowest BCUT2D eigenvalue weighted by atomic mass is 9.70. The van der Waals surface area contributed by atoms with Crippen molar-refractivity contribution in [2.45, 2.75) is 101 Å². The van der Waals surface area contributed by atoms with E-state index in [9.17, 15) is 22.0 Å². The summed E-state index contributed by atoms with van der Waals surface area (Å²) in [5.74, 6) is -4.46. The number of halogens is 5. The Labute approximate surface area is 180 Å². The Hall–Kier alpha value is -1.22. The number of aromatic nitrogens is 1. The number of rotatable bonds is 3. The van der Waals surface area contributed by atoms with Crippen LogP contribution in [0.4, 0.5) is 22.0 Å². The molecule has 0 bridgehead atoms. The van der Waals surface area contributed by atoms with E-state index in [0.29, 0.717) is 29.7 Å². The van der Waals surface area contributed by atoms with Gasteiger partial charge in [-0.2, -0.15) is 13.2 Å². The molecule has 0 atom stereocenters. The Morgan fingerprint density at radius 3 is 1.94 bits per heavy atom. The normalized spacial score (nSPS) is 30.3. The fourth-order valence-corrected chi connectivity index (χ4v) is 4.79. The van der Waals surface area contributed by atoms with Crippen molar-refractivity contribution in [1.82, 2.24) is 4.98 Å². The summed E-state index contributed by atoms with van der Waals surface area (Å²) in [5, 5.41) is 0. The van der Waals surface area contributed by atoms with E-state index in [1.54, 1.807) is 6.07 Å². The molecule has 0 spiro atoms. The van der Waals surface area contributed by atoms with Crippen LogP contribution in [0, 0.1) is 5.92 Å². The maximum absolute atomic E-state index is 13.4. The van der Waals surface area contributed by atoms with Crippen LogP contribution in [0.2, 0.25) is 0 Å². The molecule has 0 unspecified atom stereocenters. The van der Waals surface area contributed by atoms with Gasteiger partial charge in [-0.15, -0.1) is 0 Å². The van der Waals surface area contributed by atoms with Gasteiger partial charge in [-0.25, -0.2) is 8.78 Å². The van der Waals surface area contributed by atoms with Crippen LogP contribution in [0.25, 0.3) is 0 Å². The standard InChI is InChI=1S/C22H29BF5NO2/c1-19(2)20(3,4)31-23(30-19)16-9-10-17(14-11-21(24,25)12-14)29-18(16)13-5-7-15(8-6-13)22(26,27)28/h9-10,13-15H,5-8,11-12H2,1-4H3/t13-,15-. The summed E-state index contributed by atoms with van der Waals surface area (Å²) in [7, 11) is -0.690. The van der Waals surface area contributed by atoms with Crippen molar-refractivity contribution < 1.29 is 31.3 Å². The van der Waals surface area contributed by atoms with Crippen molar-refractivity contribution in [3.63, 3.8) is 0 Å². The van der Waals surface area contributed by atoms with Crippen molar-refractivity contribution >= 4 is 12.6 Å². The van der Waals surface area contributed by atoms with Crippen molar-refractivity contribution in [3.05, 3.63) is 23.5 Å². The smallest absolute Gasteiger partial charge is 0.399 e. The quantitative estimate of drug-likeness (QED) is 0.440. The molecule has 0 amide bonds. The second-order valence-corrected chi connectivity index (χ2v) is 10.4. The molecule has 0 N–H and O–H groups in total. The first-order chi connectivity index (χ1) is 14.2. The topological polar surface area (TPSA) is 31.4 Å². The summed E-state index contributed by atoms with van der Waals surface area (Å²) in [6.45, 7) is 7.72. The van der Waals surface area contributed by atoms with E-state index < -0.39 is 36.3 Å². The van der Waals surface area contributed by atoms with E-state index >= 15 is 0 Å². The monoisotopic (exact) mass is 445 g/mol. The van der Waals surface area contributed by atoms with Gasteiger partial charge in [0, 0.05) is 41.5 Å². The van der Waals surface area contributed by atoms with Gasteiger partial charge in [-0.1, -0.05) is 6.07 Å². The molecule has 1 saturated heterocycles. The lowest BCUT2D eigenvalue weighted by Gasteiger charge is -2.35. The van der Waals surface area contributed by atoms with Crippen molar-refractivity contribution in [2.24, 2.45) is 5.92 Å². The summed E-state index contributed by atoms with van der Waals surface area (Å²) >= 11 is 0. The molecule has 4 rings (SSSR count). The van der Waals surface area contributed by atoms with E-state index in [-0.39, 0.29) is 37.5 Å². The zero-order chi connectivity index (χ0) is 22.8. The van der Waals surface area contributed by atoms with Crippen LogP contribution >= 0.6 is 0 Å². The summed E-state index contributed by atoms with van der Waals surface area (Å²) in [6, 6.07) is 3.55. The Morgan fingerprint density at radius 2 is 1.45 bits per heavy atom. The highest BCUT2D eigenvalue weighted by molar-refractivity contribution is 6.62. The third-order valence-corrected chi connectivity index (χ3v) is 7.57. The van der Waals surface area contributed by atoms with Gasteiger partial charge in [0.2, 0.25) is 5.92 Å². The Kier molecular flexibility index (Phi) is 5.48. The van der Waals surface area contributed by atoms with Crippen LogP contribution in [-0.2, 0) is 9.31 Å². The van der Waals surface area contributed by atoms with Crippen molar-refractivity contribution in [2.75, 3.05) is 0 Å². The average molecular weight is 445 g/mol. The molecule has 0 radical (unpaired) electrons. The Morgan fingerprint density at radius 1 is 0.903 bits per heavy atom. The van der Waals surface area contributed by atoms with Gasteiger partial charge in [0.25, 0.3) is 0 Å². The molecule has 0 aromatic carbocycles. The highest BCUT2D eigenvalue weighted by Gasteiger charge is 2.53. The SMILES string of the molecule is CC1(C)OB(c2ccc(C3CC(F)(F)C3)nc2[C@H]2CC[C@H](C(F)(F)F)CC2)OC1(C)C. The lowest BCUT2D eigenvalue weighted by Crippen LogP contribution is -2.41. The molecule has 1 aromatic heterocycles. The maximum atomic E-state index is 13.4. The first-order valence-corrected chi connectivity index (χ1v) is 11.0. The second kappa shape index (κ2) is 7.40. The van der Waals surface area contributed by atoms with E-state index in [0.717, 1.165) is 0 Å². The number of alkyl halides is 5. The van der Waals surface area contributed by atoms with Gasteiger partial charge in [-0.05, 0) is 59.4 Å². The predicted octanol–water partition coefficient (Wildman–Crippen LogP) is 5.73. The van der Waals surface area contributed by atoms with Gasteiger partial charge >= 0.3 is 13.3 Å². The van der Waals surface area contributed by atoms with Crippen LogP contribution < -0.4 is 5.46 Å². The fourth-order valence-electron chi connectivity index (χ4n) is 4.79. The van der Waals surface area contributed by atoms with E-state index in [2.05, 4.69) is 0 Å². The van der Waals surface area contributed by atoms with Crippen LogP contribution in [0.1, 0.15) is 89.4 Å². The molecule has 2 heterocycles. The largest absolute Gasteiger partial charge is 0.496 e. The minimum Gasteiger partial charge on any atom is -0.399 e. The average Bonchev–Trinajstić information content (AvgIpc) is 2.86. The number of nitrogens with zero attached hydrogens (tertiary/aromatic N) is 1. The fraction of sp³-hybridized carbons (Fsp3) is 0.773. The molecular formula is C22H29BF5NO2. The summed E-state index contributed by atoms with van der Waals surface area (Å²) in [5.41, 5.74) is 0.782. The second-order valence-electron chi connectivity index (χ2n) is 10.4. The molecule has 172 valence electrons. The molecule has 9 heteroatoms. The highest BCUT2D eigenvalue weighted by atomic mass is 19.4. The molecule has 3 aliphatic rings. The van der Waals surface area contributed by atoms with Gasteiger partial charge in [0.1, 0.15) is 0 Å². The molecule has 3 fully saturated rings. The summed E-state index contributed by atoms with van der Waals surface area (Å²) in [4.78, 5) is 4.74. The van der Waals surface area contributed by atoms with Gasteiger partial charge in [-0.3, -0.25) is 4.98 Å². The molecule has 1 aliphatic heterocycles. The minimum absolute atomic E-state index is 0.0460. The summed E-state index contributed by atoms with van der Waals surface area (Å²) < 4.78 is 78.6. The van der Waals surface area contributed by atoms with Gasteiger partial charge in [0.15, 0.2) is 0 Å². The molecule has 31 heavy (non-hydrogen) atoms.